The molecule has 0 aliphatic heterocycles. The first kappa shape index (κ1) is 6.42. The number of hydrogen-bond acceptors (Lipinski definition) is 4. The molecule has 0 aromatic heterocycles. The molecule has 0 aromatic carbocycles. The van der Waals surface area contributed by atoms with E-state index in [1.54, 1.807) is 18.3 Å². The minimum Gasteiger partial charge on any atom is -0.305 e. The smallest absolute Gasteiger partial charge is 0.0239 e. The third-order valence-corrected chi connectivity index (χ3v) is 0.515. The molecule has 0 saturated heterocycles. The molecule has 0 spiro atoms. The van der Waals surface area contributed by atoms with Gasteiger partial charge in [0.25, 0.3) is 0 Å². The first-order valence-corrected chi connectivity index (χ1v) is 1.88. The molecule has 0 amide bonds. The molecule has 0 aromatic rings. The maximum atomic E-state index is 4.85. The Morgan fingerprint density at radius 1 is 1.86 bits per heavy atom. The minimum absolute atomic E-state index is 1.58. The van der Waals surface area contributed by atoms with Gasteiger partial charge in [0, 0.05) is 13.2 Å². The molecule has 4 heteroatoms. The van der Waals surface area contributed by atoms with E-state index < -0.39 is 0 Å². The monoisotopic (exact) mass is 102 g/mol. The van der Waals surface area contributed by atoms with Gasteiger partial charge < -0.3 is 5.01 Å². The summed E-state index contributed by atoms with van der Waals surface area (Å²) in [5.41, 5.74) is 4.76. The van der Waals surface area contributed by atoms with Crippen molar-refractivity contribution in [3.63, 3.8) is 0 Å². The van der Waals surface area contributed by atoms with E-state index in [2.05, 4.69) is 17.6 Å². The lowest BCUT2D eigenvalue weighted by Gasteiger charge is -2.11. The van der Waals surface area contributed by atoms with Gasteiger partial charge in [-0.1, -0.05) is 6.58 Å². The Kier molecular flexibility index (Phi) is 3.31. The molecular weight excluding hydrogens is 92.1 g/mol. The SMILES string of the molecule is C=CN(C)NNN. The lowest BCUT2D eigenvalue weighted by atomic mass is 11.0. The predicted molar refractivity (Wildman–Crippen MR) is 28.4 cm³/mol. The van der Waals surface area contributed by atoms with Gasteiger partial charge in [-0.05, 0) is 0 Å². The van der Waals surface area contributed by atoms with Crippen molar-refractivity contribution < 1.29 is 0 Å². The molecule has 42 valence electrons. The van der Waals surface area contributed by atoms with E-state index in [1.165, 1.54) is 0 Å². The number of nitrogens with zero attached hydrogens (tertiary/aromatic N) is 1. The van der Waals surface area contributed by atoms with Gasteiger partial charge >= 0.3 is 0 Å². The largest absolute Gasteiger partial charge is 0.305 e. The topological polar surface area (TPSA) is 53.3 Å². The van der Waals surface area contributed by atoms with Crippen LogP contribution in [-0.4, -0.2) is 12.1 Å². The molecule has 0 radical (unpaired) electrons. The summed E-state index contributed by atoms with van der Waals surface area (Å²) in [6.45, 7) is 3.45. The summed E-state index contributed by atoms with van der Waals surface area (Å²) in [7, 11) is 1.77. The molecule has 0 rings (SSSR count). The molecule has 7 heavy (non-hydrogen) atoms. The fourth-order valence-electron chi connectivity index (χ4n) is 0.147. The second kappa shape index (κ2) is 3.60. The van der Waals surface area contributed by atoms with E-state index in [1.807, 2.05) is 0 Å². The molecule has 0 aliphatic rings. The zero-order chi connectivity index (χ0) is 5.70. The zero-order valence-corrected chi connectivity index (χ0v) is 4.31. The van der Waals surface area contributed by atoms with Crippen molar-refractivity contribution in [1.29, 1.82) is 0 Å². The summed E-state index contributed by atoms with van der Waals surface area (Å²) in [6.07, 6.45) is 1.58. The van der Waals surface area contributed by atoms with E-state index >= 15 is 0 Å². The average molecular weight is 102 g/mol. The highest BCUT2D eigenvalue weighted by Crippen LogP contribution is 1.64. The van der Waals surface area contributed by atoms with E-state index in [0.29, 0.717) is 0 Å². The molecular formula is C3H10N4. The third kappa shape index (κ3) is 3.24. The van der Waals surface area contributed by atoms with Crippen LogP contribution in [-0.2, 0) is 0 Å². The van der Waals surface area contributed by atoms with Gasteiger partial charge in [-0.15, -0.1) is 0 Å². The average Bonchev–Trinajstić information content (AvgIpc) is 1.68. The Hall–Kier alpha value is -0.580. The summed E-state index contributed by atoms with van der Waals surface area (Å²) < 4.78 is 0. The van der Waals surface area contributed by atoms with Gasteiger partial charge in [0.2, 0.25) is 0 Å². The Balaban J connectivity index is 2.98. The summed E-state index contributed by atoms with van der Waals surface area (Å²) in [6, 6.07) is 0. The van der Waals surface area contributed by atoms with Gasteiger partial charge in [-0.25, -0.2) is 0 Å². The highest BCUT2D eigenvalue weighted by molar-refractivity contribution is 4.58. The van der Waals surface area contributed by atoms with Crippen LogP contribution in [0.5, 0.6) is 0 Å². The highest BCUT2D eigenvalue weighted by Gasteiger charge is 1.76. The van der Waals surface area contributed by atoms with Crippen molar-refractivity contribution >= 4 is 0 Å². The van der Waals surface area contributed by atoms with Crippen molar-refractivity contribution in [2.24, 2.45) is 5.84 Å². The summed E-state index contributed by atoms with van der Waals surface area (Å²) >= 11 is 0. The van der Waals surface area contributed by atoms with Gasteiger partial charge in [-0.2, -0.15) is 11.1 Å². The molecule has 0 bridgehead atoms. The minimum atomic E-state index is 1.58. The second-order valence-corrected chi connectivity index (χ2v) is 1.05. The van der Waals surface area contributed by atoms with Crippen molar-refractivity contribution in [3.05, 3.63) is 12.8 Å². The number of hydrazine groups is 3. The first-order chi connectivity index (χ1) is 3.31. The van der Waals surface area contributed by atoms with Crippen LogP contribution in [0.4, 0.5) is 0 Å². The van der Waals surface area contributed by atoms with E-state index in [9.17, 15) is 0 Å². The molecule has 0 aliphatic carbocycles. The van der Waals surface area contributed by atoms with E-state index in [0.717, 1.165) is 0 Å². The molecule has 4 nitrogen and oxygen atoms in total. The molecule has 0 atom stereocenters. The number of rotatable bonds is 3. The first-order valence-electron chi connectivity index (χ1n) is 1.88. The zero-order valence-electron chi connectivity index (χ0n) is 4.31. The fourth-order valence-corrected chi connectivity index (χ4v) is 0.147. The van der Waals surface area contributed by atoms with Crippen LogP contribution < -0.4 is 16.9 Å². The van der Waals surface area contributed by atoms with E-state index in [4.69, 9.17) is 5.84 Å². The van der Waals surface area contributed by atoms with Crippen LogP contribution in [0, 0.1) is 0 Å². The van der Waals surface area contributed by atoms with Crippen molar-refractivity contribution in [3.8, 4) is 0 Å². The van der Waals surface area contributed by atoms with Crippen molar-refractivity contribution in [2.45, 2.75) is 0 Å². The van der Waals surface area contributed by atoms with Crippen LogP contribution in [0.1, 0.15) is 0 Å². The Bertz CT molecular complexity index is 52.9. The maximum absolute atomic E-state index is 4.85. The highest BCUT2D eigenvalue weighted by atomic mass is 15.7. The molecule has 4 N–H and O–H groups in total. The maximum Gasteiger partial charge on any atom is 0.0239 e. The fraction of sp³-hybridized carbons (Fsp3) is 0.333. The molecule has 0 fully saturated rings. The third-order valence-electron chi connectivity index (χ3n) is 0.515. The number of hydrogen-bond donors (Lipinski definition) is 3. The molecule has 0 unspecified atom stereocenters. The van der Waals surface area contributed by atoms with E-state index in [-0.39, 0.29) is 0 Å². The standard InChI is InChI=1S/C3H10N4/c1-3-7(2)6-5-4/h3,5-6H,1,4H2,2H3. The van der Waals surface area contributed by atoms with Crippen LogP contribution in [0.3, 0.4) is 0 Å². The second-order valence-electron chi connectivity index (χ2n) is 1.05. The summed E-state index contributed by atoms with van der Waals surface area (Å²) in [5.74, 6) is 4.85. The Morgan fingerprint density at radius 2 is 2.43 bits per heavy atom. The predicted octanol–water partition coefficient (Wildman–Crippen LogP) is -1.06. The van der Waals surface area contributed by atoms with Crippen LogP contribution in [0.25, 0.3) is 0 Å². The van der Waals surface area contributed by atoms with Crippen molar-refractivity contribution in [2.75, 3.05) is 7.05 Å². The number of nitrogens with two attached hydrogens (primary N) is 1. The van der Waals surface area contributed by atoms with Gasteiger partial charge in [-0.3, -0.25) is 5.84 Å². The lowest BCUT2D eigenvalue weighted by molar-refractivity contribution is 0.272. The van der Waals surface area contributed by atoms with Crippen LogP contribution in [0.15, 0.2) is 12.8 Å². The van der Waals surface area contributed by atoms with Crippen LogP contribution >= 0.6 is 0 Å². The Labute approximate surface area is 42.9 Å². The lowest BCUT2D eigenvalue weighted by Crippen LogP contribution is -2.45. The summed E-state index contributed by atoms with van der Waals surface area (Å²) in [5, 5.41) is 1.58. The van der Waals surface area contributed by atoms with Gasteiger partial charge in [0.1, 0.15) is 0 Å². The van der Waals surface area contributed by atoms with Crippen molar-refractivity contribution in [1.82, 2.24) is 16.1 Å². The van der Waals surface area contributed by atoms with Gasteiger partial charge in [0.15, 0.2) is 0 Å². The summed E-state index contributed by atoms with van der Waals surface area (Å²) in [4.78, 5) is 0. The number of nitrogens with one attached hydrogen (secondary N) is 2. The normalized spacial score (nSPS) is 8.29. The Morgan fingerprint density at radius 3 is 2.57 bits per heavy atom. The van der Waals surface area contributed by atoms with Crippen LogP contribution in [0.2, 0.25) is 0 Å². The van der Waals surface area contributed by atoms with Gasteiger partial charge in [0.05, 0.1) is 0 Å². The molecule has 0 heterocycles. The quantitative estimate of drug-likeness (QED) is 0.314. The molecule has 0 saturated carbocycles.